The minimum atomic E-state index is -4.79. The molecule has 0 fully saturated rings. The Bertz CT molecular complexity index is 1360. The molecule has 11 heteroatoms. The molecule has 0 spiro atoms. The van der Waals surface area contributed by atoms with Crippen LogP contribution >= 0.6 is 0 Å². The van der Waals surface area contributed by atoms with E-state index in [1.54, 1.807) is 24.3 Å². The topological polar surface area (TPSA) is 68.5 Å². The molecule has 2 aromatic heterocycles. The zero-order valence-electron chi connectivity index (χ0n) is 18.5. The summed E-state index contributed by atoms with van der Waals surface area (Å²) in [6.07, 6.45) is -3.85. The lowest BCUT2D eigenvalue weighted by atomic mass is 10.0. The average molecular weight is 490 g/mol. The monoisotopic (exact) mass is 490 g/mol. The minimum Gasteiger partial charge on any atom is -0.433 e. The zero-order valence-corrected chi connectivity index (χ0v) is 18.5. The molecule has 0 unspecified atom stereocenters. The van der Waals surface area contributed by atoms with E-state index < -0.39 is 24.4 Å². The lowest BCUT2D eigenvalue weighted by Gasteiger charge is -2.13. The fourth-order valence-electron chi connectivity index (χ4n) is 3.47. The number of carbonyl (C=O) groups excluding carboxylic acids is 1. The van der Waals surface area contributed by atoms with E-state index in [2.05, 4.69) is 20.1 Å². The fraction of sp³-hybridized carbons (Fsp3) is 0.208. The molecule has 0 saturated heterocycles. The van der Waals surface area contributed by atoms with Crippen molar-refractivity contribution < 1.29 is 31.5 Å². The van der Waals surface area contributed by atoms with Gasteiger partial charge in [-0.25, -0.2) is 9.50 Å². The molecule has 0 aliphatic heterocycles. The number of nitrogens with one attached hydrogen (secondary N) is 1. The summed E-state index contributed by atoms with van der Waals surface area (Å²) in [5.74, 6) is -0.965. The van der Waals surface area contributed by atoms with Gasteiger partial charge in [-0.2, -0.15) is 27.1 Å². The number of halogens is 5. The highest BCUT2D eigenvalue weighted by Crippen LogP contribution is 2.33. The predicted octanol–water partition coefficient (Wildman–Crippen LogP) is 6.39. The third kappa shape index (κ3) is 5.08. The molecular weight excluding hydrogens is 471 g/mol. The van der Waals surface area contributed by atoms with Gasteiger partial charge in [0.25, 0.3) is 5.91 Å². The normalized spacial score (nSPS) is 11.9. The smallest absolute Gasteiger partial charge is 0.433 e. The van der Waals surface area contributed by atoms with Crippen LogP contribution in [0.3, 0.4) is 0 Å². The Morgan fingerprint density at radius 2 is 1.74 bits per heavy atom. The van der Waals surface area contributed by atoms with Gasteiger partial charge in [-0.1, -0.05) is 50.2 Å². The molecule has 1 N–H and O–H groups in total. The van der Waals surface area contributed by atoms with Crippen LogP contribution in [-0.2, 0) is 6.18 Å². The first-order chi connectivity index (χ1) is 16.5. The van der Waals surface area contributed by atoms with Crippen LogP contribution in [0.4, 0.5) is 27.6 Å². The number of para-hydroxylation sites is 2. The van der Waals surface area contributed by atoms with Crippen LogP contribution in [0.1, 0.15) is 41.4 Å². The number of alkyl halides is 5. The highest BCUT2D eigenvalue weighted by atomic mass is 19.4. The van der Waals surface area contributed by atoms with E-state index in [4.69, 9.17) is 0 Å². The highest BCUT2D eigenvalue weighted by molar-refractivity contribution is 6.08. The van der Waals surface area contributed by atoms with Gasteiger partial charge in [-0.05, 0) is 29.7 Å². The summed E-state index contributed by atoms with van der Waals surface area (Å²) in [4.78, 5) is 17.2. The van der Waals surface area contributed by atoms with Crippen LogP contribution in [0.2, 0.25) is 0 Å². The number of rotatable bonds is 6. The average Bonchev–Trinajstić information content (AvgIpc) is 3.23. The van der Waals surface area contributed by atoms with E-state index in [0.29, 0.717) is 10.1 Å². The van der Waals surface area contributed by atoms with Gasteiger partial charge in [0.1, 0.15) is 11.3 Å². The van der Waals surface area contributed by atoms with Gasteiger partial charge in [0.15, 0.2) is 11.3 Å². The molecule has 0 aliphatic rings. The summed E-state index contributed by atoms with van der Waals surface area (Å²) in [5.41, 5.74) is -0.406. The van der Waals surface area contributed by atoms with Crippen LogP contribution in [0.25, 0.3) is 16.9 Å². The van der Waals surface area contributed by atoms with Crippen molar-refractivity contribution in [1.29, 1.82) is 0 Å². The Labute approximate surface area is 196 Å². The molecule has 0 bridgehead atoms. The number of fused-ring (bicyclic) bond motifs is 1. The molecular formula is C24H19F5N4O2. The minimum absolute atomic E-state index is 0.00360. The van der Waals surface area contributed by atoms with Crippen LogP contribution in [-0.4, -0.2) is 27.1 Å². The van der Waals surface area contributed by atoms with E-state index in [9.17, 15) is 26.7 Å². The quantitative estimate of drug-likeness (QED) is 0.318. The van der Waals surface area contributed by atoms with E-state index in [-0.39, 0.29) is 34.3 Å². The first-order valence-electron chi connectivity index (χ1n) is 10.5. The number of aromatic nitrogens is 3. The molecule has 0 aliphatic carbocycles. The van der Waals surface area contributed by atoms with E-state index >= 15 is 0 Å². The molecule has 35 heavy (non-hydrogen) atoms. The third-order valence-corrected chi connectivity index (χ3v) is 5.23. The second-order valence-corrected chi connectivity index (χ2v) is 7.92. The summed E-state index contributed by atoms with van der Waals surface area (Å²) in [7, 11) is 0. The molecule has 4 aromatic rings. The predicted molar refractivity (Wildman–Crippen MR) is 119 cm³/mol. The second kappa shape index (κ2) is 9.32. The van der Waals surface area contributed by atoms with Crippen molar-refractivity contribution >= 4 is 17.2 Å². The Morgan fingerprint density at radius 3 is 2.37 bits per heavy atom. The molecule has 6 nitrogen and oxygen atoms in total. The van der Waals surface area contributed by atoms with Crippen molar-refractivity contribution in [2.45, 2.75) is 32.6 Å². The number of ether oxygens (including phenoxy) is 1. The number of benzene rings is 2. The van der Waals surface area contributed by atoms with E-state index in [1.165, 1.54) is 24.3 Å². The van der Waals surface area contributed by atoms with Crippen molar-refractivity contribution in [2.75, 3.05) is 5.32 Å². The molecule has 182 valence electrons. The first kappa shape index (κ1) is 24.1. The molecule has 0 radical (unpaired) electrons. The van der Waals surface area contributed by atoms with Gasteiger partial charge >= 0.3 is 12.8 Å². The van der Waals surface area contributed by atoms with Gasteiger partial charge in [-0.15, -0.1) is 0 Å². The molecule has 2 aromatic carbocycles. The maximum atomic E-state index is 13.8. The summed E-state index contributed by atoms with van der Waals surface area (Å²) < 4.78 is 71.8. The van der Waals surface area contributed by atoms with Crippen molar-refractivity contribution in [1.82, 2.24) is 14.6 Å². The number of carbonyl (C=O) groups is 1. The maximum absolute atomic E-state index is 13.8. The van der Waals surface area contributed by atoms with Crippen molar-refractivity contribution in [3.8, 4) is 17.0 Å². The van der Waals surface area contributed by atoms with E-state index in [1.807, 2.05) is 13.8 Å². The van der Waals surface area contributed by atoms with Gasteiger partial charge in [0, 0.05) is 5.56 Å². The van der Waals surface area contributed by atoms with Crippen LogP contribution in [0, 0.1) is 0 Å². The largest absolute Gasteiger partial charge is 0.433 e. The van der Waals surface area contributed by atoms with Crippen LogP contribution in [0.5, 0.6) is 5.75 Å². The summed E-state index contributed by atoms with van der Waals surface area (Å²) in [5, 5.41) is 6.09. The number of anilines is 1. The van der Waals surface area contributed by atoms with Gasteiger partial charge in [-0.3, -0.25) is 4.79 Å². The summed E-state index contributed by atoms with van der Waals surface area (Å²) in [6.45, 7) is 0.844. The summed E-state index contributed by atoms with van der Waals surface area (Å²) in [6, 6.07) is 13.2. The Kier molecular flexibility index (Phi) is 6.42. The standard InChI is InChI=1S/C24H19F5N4O2/c1-13(2)14-7-9-15(10-8-14)18-11-20(24(27,28)29)33-21(31-18)16(12-30-33)22(34)32-17-5-3-4-6-19(17)35-23(25)26/h3-13,23H,1-2H3,(H,32,34). The molecule has 0 saturated carbocycles. The highest BCUT2D eigenvalue weighted by Gasteiger charge is 2.36. The van der Waals surface area contributed by atoms with Gasteiger partial charge in [0.05, 0.1) is 17.6 Å². The Hall–Kier alpha value is -4.02. The van der Waals surface area contributed by atoms with Crippen molar-refractivity contribution in [2.24, 2.45) is 0 Å². The zero-order chi connectivity index (χ0) is 25.3. The molecule has 4 rings (SSSR count). The maximum Gasteiger partial charge on any atom is 0.433 e. The molecule has 0 atom stereocenters. The number of hydrogen-bond donors (Lipinski definition) is 1. The van der Waals surface area contributed by atoms with Crippen molar-refractivity contribution in [3.05, 3.63) is 77.6 Å². The van der Waals surface area contributed by atoms with Crippen LogP contribution in [0.15, 0.2) is 60.8 Å². The van der Waals surface area contributed by atoms with E-state index in [0.717, 1.165) is 17.8 Å². The van der Waals surface area contributed by atoms with Crippen LogP contribution < -0.4 is 10.1 Å². The van der Waals surface area contributed by atoms with Gasteiger partial charge < -0.3 is 10.1 Å². The number of hydrogen-bond acceptors (Lipinski definition) is 4. The summed E-state index contributed by atoms with van der Waals surface area (Å²) >= 11 is 0. The third-order valence-electron chi connectivity index (χ3n) is 5.23. The second-order valence-electron chi connectivity index (χ2n) is 7.92. The lowest BCUT2D eigenvalue weighted by molar-refractivity contribution is -0.142. The Morgan fingerprint density at radius 1 is 1.06 bits per heavy atom. The number of amides is 1. The number of nitrogens with zero attached hydrogens (tertiary/aromatic N) is 3. The lowest BCUT2D eigenvalue weighted by Crippen LogP contribution is -2.16. The Balaban J connectivity index is 1.79. The fourth-order valence-corrected chi connectivity index (χ4v) is 3.47. The van der Waals surface area contributed by atoms with Crippen molar-refractivity contribution in [3.63, 3.8) is 0 Å². The molecule has 1 amide bonds. The SMILES string of the molecule is CC(C)c1ccc(-c2cc(C(F)(F)F)n3ncc(C(=O)Nc4ccccc4OC(F)F)c3n2)cc1. The first-order valence-corrected chi connectivity index (χ1v) is 10.5. The van der Waals surface area contributed by atoms with Gasteiger partial charge in [0.2, 0.25) is 0 Å². The molecule has 2 heterocycles.